The highest BCUT2D eigenvalue weighted by Crippen LogP contribution is 2.59. The van der Waals surface area contributed by atoms with Crippen LogP contribution >= 0.6 is 0 Å². The first-order valence-corrected chi connectivity index (χ1v) is 12.7. The van der Waals surface area contributed by atoms with Crippen LogP contribution in [0.2, 0.25) is 0 Å². The van der Waals surface area contributed by atoms with Gasteiger partial charge in [0.05, 0.1) is 50.4 Å². The van der Waals surface area contributed by atoms with Crippen LogP contribution in [-0.4, -0.2) is 109 Å². The third kappa shape index (κ3) is 4.45. The van der Waals surface area contributed by atoms with Crippen LogP contribution in [0.5, 0.6) is 0 Å². The number of aliphatic hydroxyl groups excluding tert-OH is 1. The average Bonchev–Trinajstić information content (AvgIpc) is 3.45. The van der Waals surface area contributed by atoms with E-state index in [1.165, 1.54) is 4.90 Å². The molecule has 4 fully saturated rings. The molecule has 192 valence electrons. The van der Waals surface area contributed by atoms with Crippen molar-refractivity contribution in [2.75, 3.05) is 52.6 Å². The molecule has 0 aliphatic carbocycles. The van der Waals surface area contributed by atoms with Crippen LogP contribution in [0.4, 0.5) is 0 Å². The van der Waals surface area contributed by atoms with Crippen LogP contribution in [0.15, 0.2) is 0 Å². The monoisotopic (exact) mass is 481 g/mol. The molecular formula is C24H39N3O7. The fourth-order valence-corrected chi connectivity index (χ4v) is 6.37. The second kappa shape index (κ2) is 10.5. The molecule has 10 nitrogen and oxygen atoms in total. The van der Waals surface area contributed by atoms with Crippen molar-refractivity contribution in [1.82, 2.24) is 15.1 Å². The van der Waals surface area contributed by atoms with Gasteiger partial charge < -0.3 is 29.5 Å². The molecule has 4 saturated heterocycles. The van der Waals surface area contributed by atoms with Crippen molar-refractivity contribution >= 4 is 17.8 Å². The number of ether oxygens (including phenoxy) is 3. The van der Waals surface area contributed by atoms with Gasteiger partial charge in [-0.2, -0.15) is 0 Å². The Morgan fingerprint density at radius 2 is 2.03 bits per heavy atom. The number of hydrogen-bond donors (Lipinski definition) is 2. The summed E-state index contributed by atoms with van der Waals surface area (Å²) in [5.74, 6) is -2.27. The van der Waals surface area contributed by atoms with Crippen molar-refractivity contribution < 1.29 is 33.7 Å². The van der Waals surface area contributed by atoms with Gasteiger partial charge in [-0.3, -0.25) is 19.3 Å². The quantitative estimate of drug-likeness (QED) is 0.411. The predicted octanol–water partition coefficient (Wildman–Crippen LogP) is -0.220. The Kier molecular flexibility index (Phi) is 7.81. The van der Waals surface area contributed by atoms with Gasteiger partial charge in [0, 0.05) is 26.2 Å². The lowest BCUT2D eigenvalue weighted by atomic mass is 9.71. The molecule has 4 aliphatic rings. The van der Waals surface area contributed by atoms with E-state index in [-0.39, 0.29) is 30.9 Å². The second-order valence-corrected chi connectivity index (χ2v) is 10.3. The number of aliphatic hydroxyl groups is 1. The number of morpholine rings is 1. The van der Waals surface area contributed by atoms with Crippen LogP contribution < -0.4 is 5.32 Å². The van der Waals surface area contributed by atoms with Crippen LogP contribution in [-0.2, 0) is 28.6 Å². The molecule has 0 aromatic carbocycles. The number of likely N-dealkylation sites (tertiary alicyclic amines) is 1. The predicted molar refractivity (Wildman–Crippen MR) is 122 cm³/mol. The van der Waals surface area contributed by atoms with E-state index in [2.05, 4.69) is 10.2 Å². The Balaban J connectivity index is 1.58. The summed E-state index contributed by atoms with van der Waals surface area (Å²) in [5.41, 5.74) is -1.06. The van der Waals surface area contributed by atoms with Gasteiger partial charge in [0.2, 0.25) is 11.8 Å². The highest BCUT2D eigenvalue weighted by Gasteiger charge is 2.75. The van der Waals surface area contributed by atoms with E-state index in [4.69, 9.17) is 14.2 Å². The Hall–Kier alpha value is -1.75. The summed E-state index contributed by atoms with van der Waals surface area (Å²) in [5, 5.41) is 13.2. The van der Waals surface area contributed by atoms with Crippen molar-refractivity contribution in [1.29, 1.82) is 0 Å². The zero-order chi connectivity index (χ0) is 24.5. The lowest BCUT2D eigenvalue weighted by Crippen LogP contribution is -2.58. The SMILES string of the molecule is CCOC(=O)[C@@H]1[C@@H]2CCC3(O2)C(C(=O)NCCN2CCOCC2)N([C@@H](CO)CC(C)C)C(=O)[C@H]13. The third-order valence-corrected chi connectivity index (χ3v) is 7.72. The van der Waals surface area contributed by atoms with E-state index in [0.29, 0.717) is 45.6 Å². The normalized spacial score (nSPS) is 33.9. The van der Waals surface area contributed by atoms with E-state index in [1.807, 2.05) is 13.8 Å². The van der Waals surface area contributed by atoms with Crippen molar-refractivity contribution in [3.63, 3.8) is 0 Å². The van der Waals surface area contributed by atoms with Gasteiger partial charge in [0.1, 0.15) is 11.6 Å². The number of amides is 2. The lowest BCUT2D eigenvalue weighted by Gasteiger charge is -2.37. The molecule has 1 spiro atoms. The Morgan fingerprint density at radius 3 is 2.68 bits per heavy atom. The Labute approximate surface area is 201 Å². The molecule has 4 rings (SSSR count). The van der Waals surface area contributed by atoms with E-state index in [1.54, 1.807) is 6.92 Å². The van der Waals surface area contributed by atoms with Crippen LogP contribution in [0, 0.1) is 17.8 Å². The molecule has 34 heavy (non-hydrogen) atoms. The summed E-state index contributed by atoms with van der Waals surface area (Å²) in [6.07, 6.45) is 1.27. The first-order valence-electron chi connectivity index (χ1n) is 12.7. The number of fused-ring (bicyclic) bond motifs is 1. The number of carbonyl (C=O) groups is 3. The van der Waals surface area contributed by atoms with Gasteiger partial charge in [-0.05, 0) is 32.1 Å². The topological polar surface area (TPSA) is 118 Å². The maximum Gasteiger partial charge on any atom is 0.312 e. The summed E-state index contributed by atoms with van der Waals surface area (Å²) in [7, 11) is 0. The summed E-state index contributed by atoms with van der Waals surface area (Å²) >= 11 is 0. The molecular weight excluding hydrogens is 442 g/mol. The molecule has 0 aromatic rings. The number of hydrogen-bond acceptors (Lipinski definition) is 8. The first-order chi connectivity index (χ1) is 16.3. The lowest BCUT2D eigenvalue weighted by molar-refractivity contribution is -0.155. The van der Waals surface area contributed by atoms with Crippen LogP contribution in [0.3, 0.4) is 0 Å². The Bertz CT molecular complexity index is 772. The van der Waals surface area contributed by atoms with Gasteiger partial charge in [0.15, 0.2) is 0 Å². The standard InChI is InChI=1S/C24H39N3O7/c1-4-33-23(31)18-17-5-6-24(34-17)19(18)22(30)27(16(14-28)13-15(2)3)20(24)21(29)25-7-8-26-9-11-32-12-10-26/h15-20,28H,4-14H2,1-3H3,(H,25,29)/t16-,17+,18-,19+,20?,24?/m1/s1. The van der Waals surface area contributed by atoms with Gasteiger partial charge in [0.25, 0.3) is 0 Å². The highest BCUT2D eigenvalue weighted by molar-refractivity contribution is 5.98. The summed E-state index contributed by atoms with van der Waals surface area (Å²) in [4.78, 5) is 44.1. The molecule has 0 saturated carbocycles. The van der Waals surface area contributed by atoms with E-state index >= 15 is 0 Å². The molecule has 0 radical (unpaired) electrons. The van der Waals surface area contributed by atoms with Crippen molar-refractivity contribution in [3.8, 4) is 0 Å². The largest absolute Gasteiger partial charge is 0.466 e. The zero-order valence-electron chi connectivity index (χ0n) is 20.5. The number of rotatable bonds is 10. The fraction of sp³-hybridized carbons (Fsp3) is 0.875. The molecule has 10 heteroatoms. The second-order valence-electron chi connectivity index (χ2n) is 10.3. The maximum atomic E-state index is 13.8. The molecule has 2 N–H and O–H groups in total. The molecule has 0 aromatic heterocycles. The molecule has 2 unspecified atom stereocenters. The van der Waals surface area contributed by atoms with E-state index in [9.17, 15) is 19.5 Å². The van der Waals surface area contributed by atoms with E-state index < -0.39 is 41.6 Å². The molecule has 2 amide bonds. The molecule has 6 atom stereocenters. The smallest absolute Gasteiger partial charge is 0.312 e. The molecule has 2 bridgehead atoms. The minimum atomic E-state index is -1.06. The maximum absolute atomic E-state index is 13.8. The zero-order valence-corrected chi connectivity index (χ0v) is 20.5. The average molecular weight is 482 g/mol. The molecule has 4 heterocycles. The number of esters is 1. The Morgan fingerprint density at radius 1 is 1.29 bits per heavy atom. The summed E-state index contributed by atoms with van der Waals surface area (Å²) < 4.78 is 17.0. The van der Waals surface area contributed by atoms with Crippen molar-refractivity contribution in [2.24, 2.45) is 17.8 Å². The minimum Gasteiger partial charge on any atom is -0.466 e. The van der Waals surface area contributed by atoms with E-state index in [0.717, 1.165) is 13.1 Å². The summed E-state index contributed by atoms with van der Waals surface area (Å²) in [6.45, 7) is 9.88. The fourth-order valence-electron chi connectivity index (χ4n) is 6.37. The third-order valence-electron chi connectivity index (χ3n) is 7.72. The van der Waals surface area contributed by atoms with Crippen molar-refractivity contribution in [2.45, 2.75) is 63.8 Å². The highest BCUT2D eigenvalue weighted by atomic mass is 16.6. The number of carbonyl (C=O) groups excluding carboxylic acids is 3. The van der Waals surface area contributed by atoms with Crippen LogP contribution in [0.1, 0.15) is 40.0 Å². The summed E-state index contributed by atoms with van der Waals surface area (Å²) in [6, 6.07) is -1.40. The number of nitrogens with one attached hydrogen (secondary N) is 1. The van der Waals surface area contributed by atoms with Crippen molar-refractivity contribution in [3.05, 3.63) is 0 Å². The first kappa shape index (κ1) is 25.3. The number of nitrogens with zero attached hydrogens (tertiary/aromatic N) is 2. The minimum absolute atomic E-state index is 0.214. The van der Waals surface area contributed by atoms with Gasteiger partial charge >= 0.3 is 5.97 Å². The molecule has 4 aliphatic heterocycles. The van der Waals surface area contributed by atoms with Crippen LogP contribution in [0.25, 0.3) is 0 Å². The van der Waals surface area contributed by atoms with Gasteiger partial charge in [-0.25, -0.2) is 0 Å². The van der Waals surface area contributed by atoms with Gasteiger partial charge in [-0.1, -0.05) is 13.8 Å². The van der Waals surface area contributed by atoms with Gasteiger partial charge in [-0.15, -0.1) is 0 Å².